The van der Waals surface area contributed by atoms with Crippen LogP contribution in [0.1, 0.15) is 25.7 Å². The van der Waals surface area contributed by atoms with Crippen LogP contribution < -0.4 is 0 Å². The Hall–Kier alpha value is -0.870. The highest BCUT2D eigenvalue weighted by atomic mass is 16.6. The zero-order chi connectivity index (χ0) is 12.8. The number of epoxide rings is 2. The van der Waals surface area contributed by atoms with Crippen molar-refractivity contribution in [3.05, 3.63) is 12.2 Å². The second-order valence-corrected chi connectivity index (χ2v) is 6.92. The van der Waals surface area contributed by atoms with E-state index < -0.39 is 0 Å². The van der Waals surface area contributed by atoms with Gasteiger partial charge in [0.25, 0.3) is 0 Å². The molecule has 0 amide bonds. The first-order chi connectivity index (χ1) is 9.15. The van der Waals surface area contributed by atoms with Gasteiger partial charge in [0.1, 0.15) is 6.10 Å². The third-order valence-corrected chi connectivity index (χ3v) is 6.21. The van der Waals surface area contributed by atoms with E-state index in [1.807, 2.05) is 0 Å². The maximum absolute atomic E-state index is 11.9. The SMILES string of the molecule is C=C1C(=O)O[C@@H]2[C@@H]3[C@@H](CC[C@]34CO4)[C@]3(CC[C@@H]12)CO3. The molecule has 0 bridgehead atoms. The first-order valence-electron chi connectivity index (χ1n) is 7.33. The number of hydrogen-bond acceptors (Lipinski definition) is 4. The summed E-state index contributed by atoms with van der Waals surface area (Å²) in [7, 11) is 0. The summed E-state index contributed by atoms with van der Waals surface area (Å²) in [6, 6.07) is 0. The highest BCUT2D eigenvalue weighted by molar-refractivity contribution is 5.90. The van der Waals surface area contributed by atoms with Gasteiger partial charge in [0.2, 0.25) is 0 Å². The van der Waals surface area contributed by atoms with Gasteiger partial charge >= 0.3 is 5.97 Å². The molecule has 3 saturated heterocycles. The van der Waals surface area contributed by atoms with Crippen molar-refractivity contribution in [3.63, 3.8) is 0 Å². The summed E-state index contributed by atoms with van der Waals surface area (Å²) in [5.41, 5.74) is 0.725. The van der Waals surface area contributed by atoms with Gasteiger partial charge in [0.05, 0.1) is 24.4 Å². The highest BCUT2D eigenvalue weighted by Crippen LogP contribution is 2.64. The van der Waals surface area contributed by atoms with Gasteiger partial charge in [-0.05, 0) is 31.6 Å². The molecule has 0 radical (unpaired) electrons. The van der Waals surface area contributed by atoms with E-state index in [0.717, 1.165) is 38.9 Å². The molecule has 3 heterocycles. The summed E-state index contributed by atoms with van der Waals surface area (Å²) in [5.74, 6) is 0.821. The van der Waals surface area contributed by atoms with Crippen LogP contribution in [0.25, 0.3) is 0 Å². The van der Waals surface area contributed by atoms with Crippen molar-refractivity contribution in [2.24, 2.45) is 17.8 Å². The molecule has 4 nitrogen and oxygen atoms in total. The van der Waals surface area contributed by atoms with E-state index in [0.29, 0.717) is 17.4 Å². The van der Waals surface area contributed by atoms with Crippen LogP contribution in [0.3, 0.4) is 0 Å². The smallest absolute Gasteiger partial charge is 0.334 e. The monoisotopic (exact) mass is 262 g/mol. The molecule has 102 valence electrons. The number of hydrogen-bond donors (Lipinski definition) is 0. The molecular formula is C15H18O4. The Balaban J connectivity index is 1.60. The maximum Gasteiger partial charge on any atom is 0.334 e. The molecule has 5 rings (SSSR count). The van der Waals surface area contributed by atoms with E-state index >= 15 is 0 Å². The number of carbonyl (C=O) groups is 1. The quantitative estimate of drug-likeness (QED) is 0.376. The molecule has 5 fully saturated rings. The molecule has 0 unspecified atom stereocenters. The van der Waals surface area contributed by atoms with Crippen molar-refractivity contribution >= 4 is 5.97 Å². The van der Waals surface area contributed by atoms with Crippen LogP contribution in [0.4, 0.5) is 0 Å². The normalized spacial score (nSPS) is 57.9. The molecule has 4 heteroatoms. The molecule has 2 aliphatic carbocycles. The van der Waals surface area contributed by atoms with Crippen molar-refractivity contribution < 1.29 is 19.0 Å². The molecule has 0 aromatic rings. The summed E-state index contributed by atoms with van der Waals surface area (Å²) < 4.78 is 17.4. The third kappa shape index (κ3) is 1.20. The summed E-state index contributed by atoms with van der Waals surface area (Å²) in [6.45, 7) is 5.67. The van der Waals surface area contributed by atoms with Gasteiger partial charge in [0.15, 0.2) is 0 Å². The summed E-state index contributed by atoms with van der Waals surface area (Å²) in [6.07, 6.45) is 4.25. The van der Waals surface area contributed by atoms with Crippen molar-refractivity contribution in [1.29, 1.82) is 0 Å². The Bertz CT molecular complexity index is 488. The standard InChI is InChI=1S/C15H18O4/c1-8-9-2-4-14(6-17-14)10-3-5-15(7-18-15)11(10)12(9)19-13(8)16/h9-12H,1-7H2/t9-,10+,11-,12-,14-,15-/m0/s1. The van der Waals surface area contributed by atoms with Crippen LogP contribution in [0.5, 0.6) is 0 Å². The fourth-order valence-corrected chi connectivity index (χ4v) is 4.99. The van der Waals surface area contributed by atoms with Crippen molar-refractivity contribution in [3.8, 4) is 0 Å². The van der Waals surface area contributed by atoms with Crippen LogP contribution in [0.2, 0.25) is 0 Å². The largest absolute Gasteiger partial charge is 0.458 e. The number of esters is 1. The van der Waals surface area contributed by atoms with Gasteiger partial charge in [-0.3, -0.25) is 0 Å². The van der Waals surface area contributed by atoms with Crippen molar-refractivity contribution in [1.82, 2.24) is 0 Å². The minimum atomic E-state index is -0.191. The molecule has 6 atom stereocenters. The second kappa shape index (κ2) is 3.07. The first-order valence-corrected chi connectivity index (χ1v) is 7.33. The van der Waals surface area contributed by atoms with Gasteiger partial charge in [-0.1, -0.05) is 6.58 Å². The molecular weight excluding hydrogens is 244 g/mol. The highest BCUT2D eigenvalue weighted by Gasteiger charge is 2.71. The molecule has 19 heavy (non-hydrogen) atoms. The van der Waals surface area contributed by atoms with Gasteiger partial charge in [0, 0.05) is 17.4 Å². The summed E-state index contributed by atoms with van der Waals surface area (Å²) >= 11 is 0. The fraction of sp³-hybridized carbons (Fsp3) is 0.800. The van der Waals surface area contributed by atoms with E-state index in [-0.39, 0.29) is 29.2 Å². The van der Waals surface area contributed by atoms with E-state index in [2.05, 4.69) is 6.58 Å². The predicted octanol–water partition coefficient (Wildman–Crippen LogP) is 1.44. The Labute approximate surface area is 112 Å². The Morgan fingerprint density at radius 3 is 2.47 bits per heavy atom. The zero-order valence-electron chi connectivity index (χ0n) is 10.9. The van der Waals surface area contributed by atoms with Crippen LogP contribution in [-0.4, -0.2) is 36.5 Å². The lowest BCUT2D eigenvalue weighted by Crippen LogP contribution is -2.40. The molecule has 5 aliphatic rings. The van der Waals surface area contributed by atoms with Crippen LogP contribution in [0, 0.1) is 17.8 Å². The zero-order valence-corrected chi connectivity index (χ0v) is 10.9. The molecule has 0 aromatic carbocycles. The minimum Gasteiger partial charge on any atom is -0.458 e. The van der Waals surface area contributed by atoms with Gasteiger partial charge < -0.3 is 14.2 Å². The number of ether oxygens (including phenoxy) is 3. The Kier molecular flexibility index (Phi) is 1.75. The number of rotatable bonds is 0. The fourth-order valence-electron chi connectivity index (χ4n) is 4.99. The van der Waals surface area contributed by atoms with E-state index in [1.54, 1.807) is 0 Å². The average Bonchev–Trinajstić information content (AvgIpc) is 3.26. The number of carbonyl (C=O) groups excluding carboxylic acids is 1. The third-order valence-electron chi connectivity index (χ3n) is 6.21. The van der Waals surface area contributed by atoms with Gasteiger partial charge in [-0.2, -0.15) is 0 Å². The average molecular weight is 262 g/mol. The van der Waals surface area contributed by atoms with E-state index in [9.17, 15) is 4.79 Å². The lowest BCUT2D eigenvalue weighted by Gasteiger charge is -2.29. The molecule has 0 N–H and O–H groups in total. The Morgan fingerprint density at radius 1 is 1.11 bits per heavy atom. The first kappa shape index (κ1) is 10.9. The molecule has 2 spiro atoms. The molecule has 0 aromatic heterocycles. The maximum atomic E-state index is 11.9. The molecule has 3 aliphatic heterocycles. The lowest BCUT2D eigenvalue weighted by atomic mass is 9.77. The minimum absolute atomic E-state index is 0.0121. The summed E-state index contributed by atoms with van der Waals surface area (Å²) in [4.78, 5) is 11.9. The number of fused-ring (bicyclic) bond motifs is 5. The lowest BCUT2D eigenvalue weighted by molar-refractivity contribution is -0.143. The van der Waals surface area contributed by atoms with Crippen molar-refractivity contribution in [2.75, 3.05) is 13.2 Å². The summed E-state index contributed by atoms with van der Waals surface area (Å²) in [5, 5.41) is 0. The second-order valence-electron chi connectivity index (χ2n) is 6.92. The van der Waals surface area contributed by atoms with Crippen LogP contribution >= 0.6 is 0 Å². The van der Waals surface area contributed by atoms with Crippen LogP contribution in [0.15, 0.2) is 12.2 Å². The van der Waals surface area contributed by atoms with E-state index in [1.165, 1.54) is 0 Å². The van der Waals surface area contributed by atoms with Crippen LogP contribution in [-0.2, 0) is 19.0 Å². The van der Waals surface area contributed by atoms with Crippen molar-refractivity contribution in [2.45, 2.75) is 43.0 Å². The predicted molar refractivity (Wildman–Crippen MR) is 65.3 cm³/mol. The van der Waals surface area contributed by atoms with E-state index in [4.69, 9.17) is 14.2 Å². The Morgan fingerprint density at radius 2 is 1.79 bits per heavy atom. The van der Waals surface area contributed by atoms with Gasteiger partial charge in [-0.15, -0.1) is 0 Å². The molecule has 2 saturated carbocycles. The topological polar surface area (TPSA) is 51.4 Å². The van der Waals surface area contributed by atoms with Gasteiger partial charge in [-0.25, -0.2) is 4.79 Å².